The van der Waals surface area contributed by atoms with E-state index in [9.17, 15) is 4.79 Å². The first-order chi connectivity index (χ1) is 9.12. The summed E-state index contributed by atoms with van der Waals surface area (Å²) < 4.78 is 10.7. The number of hydrogen-bond donors (Lipinski definition) is 1. The van der Waals surface area contributed by atoms with E-state index in [1.54, 1.807) is 0 Å². The van der Waals surface area contributed by atoms with Crippen LogP contribution in [0.1, 0.15) is 32.3 Å². The van der Waals surface area contributed by atoms with Crippen LogP contribution in [0.2, 0.25) is 0 Å². The van der Waals surface area contributed by atoms with Gasteiger partial charge in [-0.05, 0) is 36.5 Å². The first kappa shape index (κ1) is 12.3. The van der Waals surface area contributed by atoms with Crippen molar-refractivity contribution in [3.8, 4) is 11.5 Å². The zero-order valence-corrected chi connectivity index (χ0v) is 11.4. The van der Waals surface area contributed by atoms with Gasteiger partial charge in [0.1, 0.15) is 0 Å². The predicted octanol–water partition coefficient (Wildman–Crippen LogP) is 2.22. The molecule has 1 aromatic rings. The monoisotopic (exact) mass is 261 g/mol. The number of hydrogen-bond acceptors (Lipinski definition) is 3. The van der Waals surface area contributed by atoms with Gasteiger partial charge in [-0.1, -0.05) is 19.9 Å². The lowest BCUT2D eigenvalue weighted by atomic mass is 9.94. The standard InChI is InChI=1S/C15H19NO3/c1-10(2)8-16-14(17)15(5-6-15)11-3-4-12-13(7-11)19-9-18-12/h3-4,7,10H,5-6,8-9H2,1-2H3,(H,16,17). The van der Waals surface area contributed by atoms with E-state index in [1.165, 1.54) is 0 Å². The summed E-state index contributed by atoms with van der Waals surface area (Å²) in [5.74, 6) is 2.12. The molecule has 3 rings (SSSR count). The number of ether oxygens (including phenoxy) is 2. The predicted molar refractivity (Wildman–Crippen MR) is 71.3 cm³/mol. The number of benzene rings is 1. The molecule has 1 fully saturated rings. The van der Waals surface area contributed by atoms with Crippen LogP contribution in [-0.4, -0.2) is 19.2 Å². The third-order valence-electron chi connectivity index (χ3n) is 3.78. The third kappa shape index (κ3) is 2.15. The second-order valence-corrected chi connectivity index (χ2v) is 5.75. The average Bonchev–Trinajstić information content (AvgIpc) is 3.07. The SMILES string of the molecule is CC(C)CNC(=O)C1(c2ccc3c(c2)OCO3)CC1. The summed E-state index contributed by atoms with van der Waals surface area (Å²) in [7, 11) is 0. The molecular weight excluding hydrogens is 242 g/mol. The maximum atomic E-state index is 12.3. The first-order valence-corrected chi connectivity index (χ1v) is 6.80. The zero-order valence-electron chi connectivity index (χ0n) is 11.4. The van der Waals surface area contributed by atoms with Gasteiger partial charge in [-0.15, -0.1) is 0 Å². The van der Waals surface area contributed by atoms with Gasteiger partial charge in [0.15, 0.2) is 11.5 Å². The molecule has 0 unspecified atom stereocenters. The Morgan fingerprint density at radius 2 is 2.05 bits per heavy atom. The van der Waals surface area contributed by atoms with Gasteiger partial charge in [0.2, 0.25) is 12.7 Å². The minimum absolute atomic E-state index is 0.139. The minimum Gasteiger partial charge on any atom is -0.454 e. The Hall–Kier alpha value is -1.71. The van der Waals surface area contributed by atoms with Crippen molar-refractivity contribution in [3.05, 3.63) is 23.8 Å². The fourth-order valence-electron chi connectivity index (χ4n) is 2.43. The van der Waals surface area contributed by atoms with E-state index < -0.39 is 0 Å². The average molecular weight is 261 g/mol. The Kier molecular flexibility index (Phi) is 2.88. The zero-order chi connectivity index (χ0) is 13.5. The van der Waals surface area contributed by atoms with Crippen LogP contribution in [0.15, 0.2) is 18.2 Å². The van der Waals surface area contributed by atoms with Crippen molar-refractivity contribution in [3.63, 3.8) is 0 Å². The van der Waals surface area contributed by atoms with Crippen LogP contribution >= 0.6 is 0 Å². The van der Waals surface area contributed by atoms with Gasteiger partial charge < -0.3 is 14.8 Å². The number of fused-ring (bicyclic) bond motifs is 1. The van der Waals surface area contributed by atoms with Gasteiger partial charge in [0, 0.05) is 6.54 Å². The molecule has 0 bridgehead atoms. The molecule has 2 aliphatic rings. The molecule has 4 heteroatoms. The molecule has 1 heterocycles. The van der Waals surface area contributed by atoms with Crippen molar-refractivity contribution < 1.29 is 14.3 Å². The molecule has 0 saturated heterocycles. The second-order valence-electron chi connectivity index (χ2n) is 5.75. The van der Waals surface area contributed by atoms with Crippen LogP contribution in [0, 0.1) is 5.92 Å². The van der Waals surface area contributed by atoms with E-state index in [0.29, 0.717) is 5.92 Å². The molecular formula is C15H19NO3. The molecule has 1 saturated carbocycles. The largest absolute Gasteiger partial charge is 0.454 e. The molecule has 19 heavy (non-hydrogen) atoms. The van der Waals surface area contributed by atoms with E-state index >= 15 is 0 Å². The van der Waals surface area contributed by atoms with Crippen LogP contribution in [0.3, 0.4) is 0 Å². The van der Waals surface area contributed by atoms with Gasteiger partial charge >= 0.3 is 0 Å². The molecule has 1 aliphatic carbocycles. The molecule has 4 nitrogen and oxygen atoms in total. The quantitative estimate of drug-likeness (QED) is 0.904. The lowest BCUT2D eigenvalue weighted by Crippen LogP contribution is -2.36. The summed E-state index contributed by atoms with van der Waals surface area (Å²) in [4.78, 5) is 12.3. The fraction of sp³-hybridized carbons (Fsp3) is 0.533. The fourth-order valence-corrected chi connectivity index (χ4v) is 2.43. The Labute approximate surface area is 113 Å². The van der Waals surface area contributed by atoms with E-state index in [-0.39, 0.29) is 18.1 Å². The minimum atomic E-state index is -0.337. The highest BCUT2D eigenvalue weighted by Gasteiger charge is 2.51. The van der Waals surface area contributed by atoms with Crippen LogP contribution in [0.4, 0.5) is 0 Å². The Morgan fingerprint density at radius 3 is 2.74 bits per heavy atom. The molecule has 0 atom stereocenters. The van der Waals surface area contributed by atoms with Crippen molar-refractivity contribution in [1.29, 1.82) is 0 Å². The smallest absolute Gasteiger partial charge is 0.231 e. The Balaban J connectivity index is 1.79. The Morgan fingerprint density at radius 1 is 1.32 bits per heavy atom. The number of rotatable bonds is 4. The van der Waals surface area contributed by atoms with Crippen molar-refractivity contribution in [2.24, 2.45) is 5.92 Å². The molecule has 0 aromatic heterocycles. The highest BCUT2D eigenvalue weighted by Crippen LogP contribution is 2.50. The van der Waals surface area contributed by atoms with Gasteiger partial charge in [-0.25, -0.2) is 0 Å². The summed E-state index contributed by atoms with van der Waals surface area (Å²) in [6, 6.07) is 5.83. The van der Waals surface area contributed by atoms with Gasteiger partial charge in [-0.3, -0.25) is 4.79 Å². The van der Waals surface area contributed by atoms with E-state index in [2.05, 4.69) is 19.2 Å². The molecule has 1 amide bonds. The second kappa shape index (κ2) is 4.44. The van der Waals surface area contributed by atoms with Crippen molar-refractivity contribution in [2.45, 2.75) is 32.1 Å². The highest BCUT2D eigenvalue weighted by atomic mass is 16.7. The molecule has 0 spiro atoms. The third-order valence-corrected chi connectivity index (χ3v) is 3.78. The lowest BCUT2D eigenvalue weighted by Gasteiger charge is -2.17. The topological polar surface area (TPSA) is 47.6 Å². The summed E-state index contributed by atoms with van der Waals surface area (Å²) >= 11 is 0. The summed E-state index contributed by atoms with van der Waals surface area (Å²) in [5, 5.41) is 3.04. The molecule has 1 aromatic carbocycles. The maximum Gasteiger partial charge on any atom is 0.231 e. The number of carbonyl (C=O) groups is 1. The van der Waals surface area contributed by atoms with Gasteiger partial charge in [0.25, 0.3) is 0 Å². The van der Waals surface area contributed by atoms with Crippen LogP contribution in [0.25, 0.3) is 0 Å². The molecule has 102 valence electrons. The van der Waals surface area contributed by atoms with Crippen LogP contribution < -0.4 is 14.8 Å². The number of carbonyl (C=O) groups excluding carboxylic acids is 1. The van der Waals surface area contributed by atoms with Crippen molar-refractivity contribution in [2.75, 3.05) is 13.3 Å². The summed E-state index contributed by atoms with van der Waals surface area (Å²) in [5.41, 5.74) is 0.702. The maximum absolute atomic E-state index is 12.3. The lowest BCUT2D eigenvalue weighted by molar-refractivity contribution is -0.123. The summed E-state index contributed by atoms with van der Waals surface area (Å²) in [6.45, 7) is 5.19. The molecule has 0 radical (unpaired) electrons. The number of nitrogens with one attached hydrogen (secondary N) is 1. The molecule has 1 aliphatic heterocycles. The van der Waals surface area contributed by atoms with E-state index in [1.807, 2.05) is 18.2 Å². The van der Waals surface area contributed by atoms with Crippen LogP contribution in [-0.2, 0) is 10.2 Å². The van der Waals surface area contributed by atoms with Gasteiger partial charge in [-0.2, -0.15) is 0 Å². The highest BCUT2D eigenvalue weighted by molar-refractivity contribution is 5.91. The normalized spacial score (nSPS) is 18.5. The van der Waals surface area contributed by atoms with Crippen molar-refractivity contribution >= 4 is 5.91 Å². The number of amides is 1. The molecule has 1 N–H and O–H groups in total. The Bertz CT molecular complexity index is 506. The van der Waals surface area contributed by atoms with Crippen LogP contribution in [0.5, 0.6) is 11.5 Å². The van der Waals surface area contributed by atoms with Crippen molar-refractivity contribution in [1.82, 2.24) is 5.32 Å². The van der Waals surface area contributed by atoms with E-state index in [4.69, 9.17) is 9.47 Å². The van der Waals surface area contributed by atoms with E-state index in [0.717, 1.165) is 36.4 Å². The first-order valence-electron chi connectivity index (χ1n) is 6.80. The van der Waals surface area contributed by atoms with Gasteiger partial charge in [0.05, 0.1) is 5.41 Å². The summed E-state index contributed by atoms with van der Waals surface area (Å²) in [6.07, 6.45) is 1.83.